The predicted molar refractivity (Wildman–Crippen MR) is 128 cm³/mol. The van der Waals surface area contributed by atoms with Crippen molar-refractivity contribution in [1.29, 1.82) is 0 Å². The highest BCUT2D eigenvalue weighted by Gasteiger charge is 2.27. The van der Waals surface area contributed by atoms with Gasteiger partial charge in [-0.05, 0) is 42.5 Å². The van der Waals surface area contributed by atoms with Crippen molar-refractivity contribution in [2.75, 3.05) is 26.2 Å². The number of piperazine rings is 1. The second-order valence-electron chi connectivity index (χ2n) is 8.02. The number of rotatable bonds is 3. The Labute approximate surface area is 200 Å². The van der Waals surface area contributed by atoms with Crippen LogP contribution in [0.3, 0.4) is 0 Å². The molecule has 1 aliphatic heterocycles. The Morgan fingerprint density at radius 1 is 0.824 bits per heavy atom. The maximum absolute atomic E-state index is 13.6. The predicted octanol–water partition coefficient (Wildman–Crippen LogP) is 4.69. The fourth-order valence-corrected chi connectivity index (χ4v) is 4.39. The van der Waals surface area contributed by atoms with E-state index in [1.54, 1.807) is 22.2 Å². The fraction of sp³-hybridized carbons (Fsp3) is 0.154. The summed E-state index contributed by atoms with van der Waals surface area (Å²) in [6.45, 7) is 1.48. The van der Waals surface area contributed by atoms with Crippen molar-refractivity contribution in [3.05, 3.63) is 95.0 Å². The standard InChI is InChI=1S/C26H20ClFN4O2/c27-22-15-18(28)5-6-20(22)25(33)31-11-13-32(14-12-31)26(34)21-16-24(17-7-9-29-10-8-17)30-23-4-2-1-3-19(21)23/h1-10,15-16H,11-14H2. The molecule has 1 saturated heterocycles. The van der Waals surface area contributed by atoms with E-state index in [9.17, 15) is 14.0 Å². The van der Waals surface area contributed by atoms with Gasteiger partial charge in [0.25, 0.3) is 11.8 Å². The van der Waals surface area contributed by atoms with Crippen LogP contribution in [0.25, 0.3) is 22.2 Å². The monoisotopic (exact) mass is 474 g/mol. The highest BCUT2D eigenvalue weighted by atomic mass is 35.5. The van der Waals surface area contributed by atoms with E-state index in [0.717, 1.165) is 22.5 Å². The summed E-state index contributed by atoms with van der Waals surface area (Å²) in [4.78, 5) is 38.6. The smallest absolute Gasteiger partial charge is 0.255 e. The summed E-state index contributed by atoms with van der Waals surface area (Å²) in [6.07, 6.45) is 3.38. The lowest BCUT2D eigenvalue weighted by Gasteiger charge is -2.35. The van der Waals surface area contributed by atoms with Gasteiger partial charge < -0.3 is 9.80 Å². The zero-order chi connectivity index (χ0) is 23.7. The molecule has 6 nitrogen and oxygen atoms in total. The quantitative estimate of drug-likeness (QED) is 0.432. The highest BCUT2D eigenvalue weighted by molar-refractivity contribution is 6.33. The molecule has 34 heavy (non-hydrogen) atoms. The molecule has 2 aromatic carbocycles. The van der Waals surface area contributed by atoms with Crippen LogP contribution in [0.2, 0.25) is 5.02 Å². The van der Waals surface area contributed by atoms with Crippen molar-refractivity contribution < 1.29 is 14.0 Å². The Bertz CT molecular complexity index is 1390. The molecule has 1 fully saturated rings. The number of para-hydroxylation sites is 1. The number of carbonyl (C=O) groups excluding carboxylic acids is 2. The van der Waals surface area contributed by atoms with Gasteiger partial charge in [0.1, 0.15) is 5.82 Å². The second-order valence-corrected chi connectivity index (χ2v) is 8.42. The van der Waals surface area contributed by atoms with E-state index < -0.39 is 5.82 Å². The van der Waals surface area contributed by atoms with Crippen molar-refractivity contribution in [2.24, 2.45) is 0 Å². The average molecular weight is 475 g/mol. The zero-order valence-electron chi connectivity index (χ0n) is 18.1. The molecule has 8 heteroatoms. The fourth-order valence-electron chi connectivity index (χ4n) is 4.14. The molecule has 5 rings (SSSR count). The molecule has 0 unspecified atom stereocenters. The summed E-state index contributed by atoms with van der Waals surface area (Å²) in [5.41, 5.74) is 3.13. The van der Waals surface area contributed by atoms with Crippen LogP contribution < -0.4 is 0 Å². The van der Waals surface area contributed by atoms with Crippen LogP contribution in [-0.2, 0) is 0 Å². The number of fused-ring (bicyclic) bond motifs is 1. The average Bonchev–Trinajstić information content (AvgIpc) is 2.88. The van der Waals surface area contributed by atoms with Crippen molar-refractivity contribution in [1.82, 2.24) is 19.8 Å². The minimum atomic E-state index is -0.493. The molecule has 0 aliphatic carbocycles. The van der Waals surface area contributed by atoms with Gasteiger partial charge in [0.15, 0.2) is 0 Å². The van der Waals surface area contributed by atoms with Crippen LogP contribution in [0.1, 0.15) is 20.7 Å². The van der Waals surface area contributed by atoms with Crippen LogP contribution in [0, 0.1) is 5.82 Å². The zero-order valence-corrected chi connectivity index (χ0v) is 18.9. The van der Waals surface area contributed by atoms with E-state index in [1.165, 1.54) is 12.1 Å². The van der Waals surface area contributed by atoms with E-state index in [2.05, 4.69) is 4.98 Å². The van der Waals surface area contributed by atoms with Crippen LogP contribution in [0.4, 0.5) is 4.39 Å². The number of hydrogen-bond donors (Lipinski definition) is 0. The lowest BCUT2D eigenvalue weighted by atomic mass is 10.0. The Hall–Kier alpha value is -3.84. The third-order valence-electron chi connectivity index (χ3n) is 5.94. The van der Waals surface area contributed by atoms with Gasteiger partial charge in [-0.1, -0.05) is 29.8 Å². The molecule has 0 N–H and O–H groups in total. The molecule has 1 aliphatic rings. The minimum absolute atomic E-state index is 0.0791. The SMILES string of the molecule is O=C(c1ccc(F)cc1Cl)N1CCN(C(=O)c2cc(-c3ccncc3)nc3ccccc23)CC1. The third-order valence-corrected chi connectivity index (χ3v) is 6.25. The molecule has 170 valence electrons. The van der Waals surface area contributed by atoms with E-state index in [1.807, 2.05) is 42.5 Å². The van der Waals surface area contributed by atoms with Crippen LogP contribution in [0.15, 0.2) is 73.1 Å². The first kappa shape index (κ1) is 22.0. The number of aromatic nitrogens is 2. The highest BCUT2D eigenvalue weighted by Crippen LogP contribution is 2.26. The van der Waals surface area contributed by atoms with Crippen molar-refractivity contribution in [3.63, 3.8) is 0 Å². The summed E-state index contributed by atoms with van der Waals surface area (Å²) in [5.74, 6) is -0.875. The number of carbonyl (C=O) groups is 2. The van der Waals surface area contributed by atoms with Gasteiger partial charge in [-0.3, -0.25) is 14.6 Å². The Morgan fingerprint density at radius 2 is 1.47 bits per heavy atom. The third kappa shape index (κ3) is 4.22. The van der Waals surface area contributed by atoms with Crippen molar-refractivity contribution in [3.8, 4) is 11.3 Å². The summed E-state index contributed by atoms with van der Waals surface area (Å²) >= 11 is 6.06. The molecule has 4 aromatic rings. The van der Waals surface area contributed by atoms with E-state index >= 15 is 0 Å². The Morgan fingerprint density at radius 3 is 2.15 bits per heavy atom. The van der Waals surface area contributed by atoms with Crippen LogP contribution >= 0.6 is 11.6 Å². The van der Waals surface area contributed by atoms with Gasteiger partial charge in [0, 0.05) is 49.5 Å². The number of hydrogen-bond acceptors (Lipinski definition) is 4. The largest absolute Gasteiger partial charge is 0.335 e. The topological polar surface area (TPSA) is 66.4 Å². The van der Waals surface area contributed by atoms with Gasteiger partial charge in [-0.15, -0.1) is 0 Å². The maximum Gasteiger partial charge on any atom is 0.255 e. The molecule has 0 bridgehead atoms. The summed E-state index contributed by atoms with van der Waals surface area (Å²) in [5, 5.41) is 0.859. The summed E-state index contributed by atoms with van der Waals surface area (Å²) in [6, 6.07) is 16.8. The number of amides is 2. The molecule has 0 spiro atoms. The van der Waals surface area contributed by atoms with E-state index in [4.69, 9.17) is 16.6 Å². The number of benzene rings is 2. The van der Waals surface area contributed by atoms with Gasteiger partial charge in [0.2, 0.25) is 0 Å². The molecule has 0 radical (unpaired) electrons. The van der Waals surface area contributed by atoms with Gasteiger partial charge >= 0.3 is 0 Å². The van der Waals surface area contributed by atoms with Crippen LogP contribution in [-0.4, -0.2) is 57.8 Å². The molecule has 3 heterocycles. The lowest BCUT2D eigenvalue weighted by Crippen LogP contribution is -2.50. The first-order valence-electron chi connectivity index (χ1n) is 10.8. The second kappa shape index (κ2) is 9.19. The van der Waals surface area contributed by atoms with Crippen molar-refractivity contribution >= 4 is 34.3 Å². The lowest BCUT2D eigenvalue weighted by molar-refractivity contribution is 0.0536. The van der Waals surface area contributed by atoms with Crippen LogP contribution in [0.5, 0.6) is 0 Å². The molecule has 0 atom stereocenters. The first-order chi connectivity index (χ1) is 16.5. The Kier molecular flexibility index (Phi) is 5.94. The molecule has 0 saturated carbocycles. The summed E-state index contributed by atoms with van der Waals surface area (Å²) < 4.78 is 13.3. The number of nitrogens with zero attached hydrogens (tertiary/aromatic N) is 4. The Balaban J connectivity index is 1.38. The van der Waals surface area contributed by atoms with Gasteiger partial charge in [-0.25, -0.2) is 9.37 Å². The normalized spacial score (nSPS) is 13.8. The maximum atomic E-state index is 13.6. The summed E-state index contributed by atoms with van der Waals surface area (Å²) in [7, 11) is 0. The van der Waals surface area contributed by atoms with Gasteiger partial charge in [-0.2, -0.15) is 0 Å². The van der Waals surface area contributed by atoms with Gasteiger partial charge in [0.05, 0.1) is 27.4 Å². The minimum Gasteiger partial charge on any atom is -0.335 e. The molecule has 2 aromatic heterocycles. The van der Waals surface area contributed by atoms with E-state index in [0.29, 0.717) is 37.4 Å². The number of halogens is 2. The van der Waals surface area contributed by atoms with E-state index in [-0.39, 0.29) is 22.4 Å². The number of pyridine rings is 2. The van der Waals surface area contributed by atoms with Crippen molar-refractivity contribution in [2.45, 2.75) is 0 Å². The molecular weight excluding hydrogens is 455 g/mol. The molecular formula is C26H20ClFN4O2. The molecule has 2 amide bonds. The first-order valence-corrected chi connectivity index (χ1v) is 11.2.